The summed E-state index contributed by atoms with van der Waals surface area (Å²) >= 11 is 0. The summed E-state index contributed by atoms with van der Waals surface area (Å²) in [5.41, 5.74) is 0. The molecular weight excluding hydrogens is 931 g/mol. The third kappa shape index (κ3) is 31.3. The van der Waals surface area contributed by atoms with Crippen LogP contribution in [-0.4, -0.2) is 140 Å². The van der Waals surface area contributed by atoms with Crippen molar-refractivity contribution in [2.45, 2.75) is 312 Å². The number of amides is 1. The summed E-state index contributed by atoms with van der Waals surface area (Å²) in [6.07, 6.45) is 37.4. The highest BCUT2D eigenvalue weighted by atomic mass is 16.7. The number of nitrogens with one attached hydrogen (secondary N) is 1. The molecule has 428 valence electrons. The number of carbonyl (C=O) groups excluding carboxylic acids is 1. The number of hydrogen-bond donors (Lipinski definition) is 9. The van der Waals surface area contributed by atoms with E-state index in [0.717, 1.165) is 64.2 Å². The molecule has 2 aliphatic heterocycles. The maximum atomic E-state index is 13.2. The Balaban J connectivity index is 1.71. The van der Waals surface area contributed by atoms with E-state index in [9.17, 15) is 45.6 Å². The second kappa shape index (κ2) is 45.3. The highest BCUT2D eigenvalue weighted by molar-refractivity contribution is 5.76. The Kier molecular flexibility index (Phi) is 41.7. The van der Waals surface area contributed by atoms with Crippen molar-refractivity contribution in [3.63, 3.8) is 0 Å². The van der Waals surface area contributed by atoms with Crippen LogP contribution in [0, 0.1) is 0 Å². The van der Waals surface area contributed by atoms with Gasteiger partial charge in [-0.25, -0.2) is 0 Å². The van der Waals surface area contributed by atoms with Crippen molar-refractivity contribution in [2.24, 2.45) is 0 Å². The second-order valence-electron chi connectivity index (χ2n) is 21.1. The molecule has 73 heavy (non-hydrogen) atoms. The second-order valence-corrected chi connectivity index (χ2v) is 21.1. The van der Waals surface area contributed by atoms with Gasteiger partial charge in [-0.15, -0.1) is 0 Å². The Hall–Kier alpha value is -1.79. The fourth-order valence-electron chi connectivity index (χ4n) is 9.84. The summed E-state index contributed by atoms with van der Waals surface area (Å²) < 4.78 is 22.8. The number of aliphatic hydroxyl groups excluding tert-OH is 8. The van der Waals surface area contributed by atoms with Gasteiger partial charge >= 0.3 is 0 Å². The van der Waals surface area contributed by atoms with Crippen molar-refractivity contribution in [3.05, 3.63) is 36.5 Å². The van der Waals surface area contributed by atoms with Crippen molar-refractivity contribution in [1.82, 2.24) is 5.32 Å². The van der Waals surface area contributed by atoms with E-state index in [0.29, 0.717) is 12.8 Å². The number of aliphatic hydroxyl groups is 8. The minimum Gasteiger partial charge on any atom is -0.394 e. The number of ether oxygens (including phenoxy) is 4. The van der Waals surface area contributed by atoms with E-state index in [1.54, 1.807) is 0 Å². The van der Waals surface area contributed by atoms with Crippen LogP contribution in [0.1, 0.15) is 239 Å². The quantitative estimate of drug-likeness (QED) is 0.0205. The van der Waals surface area contributed by atoms with Gasteiger partial charge in [-0.05, 0) is 44.9 Å². The maximum absolute atomic E-state index is 13.2. The molecule has 2 fully saturated rings. The summed E-state index contributed by atoms with van der Waals surface area (Å²) in [5.74, 6) is -0.234. The van der Waals surface area contributed by atoms with Gasteiger partial charge in [-0.3, -0.25) is 4.79 Å². The highest BCUT2D eigenvalue weighted by Gasteiger charge is 2.51. The monoisotopic (exact) mass is 1040 g/mol. The Morgan fingerprint density at radius 3 is 1.44 bits per heavy atom. The van der Waals surface area contributed by atoms with E-state index in [-0.39, 0.29) is 18.9 Å². The van der Waals surface area contributed by atoms with Gasteiger partial charge in [0.2, 0.25) is 5.91 Å². The van der Waals surface area contributed by atoms with E-state index < -0.39 is 86.8 Å². The highest BCUT2D eigenvalue weighted by Crippen LogP contribution is 2.30. The zero-order valence-corrected chi connectivity index (χ0v) is 45.9. The standard InChI is InChI=1S/C59H109NO13/c1-3-5-7-9-11-13-15-17-18-19-20-21-22-23-24-25-26-27-28-29-31-32-34-36-38-40-42-48(63)47(60-51(64)43-41-39-37-35-33-30-16-14-12-10-8-6-4-2)46-70-58-56(69)54(67)57(50(45-62)72-58)73-59-55(68)53(66)52(65)49(44-61)71-59/h6,8,12,14,30,33,47-50,52-59,61-63,65-69H,3-5,7,9-11,13,15-29,31-32,34-46H2,1-2H3,(H,60,64)/b8-6-,14-12-,33-30-. The number of hydrogen-bond acceptors (Lipinski definition) is 13. The van der Waals surface area contributed by atoms with E-state index in [2.05, 4.69) is 55.6 Å². The van der Waals surface area contributed by atoms with Crippen molar-refractivity contribution < 1.29 is 64.6 Å². The molecule has 0 saturated carbocycles. The maximum Gasteiger partial charge on any atom is 0.220 e. The van der Waals surface area contributed by atoms with Crippen LogP contribution in [0.25, 0.3) is 0 Å². The Morgan fingerprint density at radius 2 is 0.945 bits per heavy atom. The molecular formula is C59H109NO13. The lowest BCUT2D eigenvalue weighted by Gasteiger charge is -2.46. The van der Waals surface area contributed by atoms with Crippen LogP contribution in [-0.2, 0) is 23.7 Å². The van der Waals surface area contributed by atoms with Crippen LogP contribution >= 0.6 is 0 Å². The minimum atomic E-state index is -1.79. The topological polar surface area (TPSA) is 228 Å². The van der Waals surface area contributed by atoms with Gasteiger partial charge in [0.25, 0.3) is 0 Å². The molecule has 0 aromatic carbocycles. The Morgan fingerprint density at radius 1 is 0.507 bits per heavy atom. The fraction of sp³-hybridized carbons (Fsp3) is 0.881. The van der Waals surface area contributed by atoms with Crippen LogP contribution in [0.3, 0.4) is 0 Å². The van der Waals surface area contributed by atoms with Crippen LogP contribution in [0.2, 0.25) is 0 Å². The van der Waals surface area contributed by atoms with Crippen molar-refractivity contribution >= 4 is 5.91 Å². The summed E-state index contributed by atoms with van der Waals surface area (Å²) in [7, 11) is 0. The third-order valence-electron chi connectivity index (χ3n) is 14.6. The van der Waals surface area contributed by atoms with Crippen molar-refractivity contribution in [3.8, 4) is 0 Å². The molecule has 0 aromatic rings. The van der Waals surface area contributed by atoms with E-state index >= 15 is 0 Å². The smallest absolute Gasteiger partial charge is 0.220 e. The van der Waals surface area contributed by atoms with Gasteiger partial charge in [0.15, 0.2) is 12.6 Å². The summed E-state index contributed by atoms with van der Waals surface area (Å²) in [6.45, 7) is 2.73. The lowest BCUT2D eigenvalue weighted by Crippen LogP contribution is -2.65. The molecule has 2 aliphatic rings. The van der Waals surface area contributed by atoms with Gasteiger partial charge in [-0.2, -0.15) is 0 Å². The normalized spacial score (nSPS) is 25.6. The van der Waals surface area contributed by atoms with Gasteiger partial charge in [0.1, 0.15) is 48.8 Å². The Bertz CT molecular complexity index is 1370. The minimum absolute atomic E-state index is 0.234. The van der Waals surface area contributed by atoms with Gasteiger partial charge in [-0.1, -0.05) is 224 Å². The van der Waals surface area contributed by atoms with Crippen LogP contribution in [0.4, 0.5) is 0 Å². The zero-order valence-electron chi connectivity index (χ0n) is 45.9. The number of allylic oxidation sites excluding steroid dienone is 6. The SMILES string of the molecule is CC/C=C\C/C=C\C/C=C\CCCCCC(=O)NC(COC1OC(CO)C(OC2OC(CO)C(O)C(O)C2O)C(O)C1O)C(O)CCCCCCCCCCCCCCCCCCCCCCCCCCCC. The largest absolute Gasteiger partial charge is 0.394 e. The van der Waals surface area contributed by atoms with E-state index in [1.807, 2.05) is 0 Å². The molecule has 1 amide bonds. The molecule has 12 unspecified atom stereocenters. The first-order chi connectivity index (χ1) is 35.6. The summed E-state index contributed by atoms with van der Waals surface area (Å²) in [5, 5.41) is 87.1. The lowest BCUT2D eigenvalue weighted by molar-refractivity contribution is -0.359. The lowest BCUT2D eigenvalue weighted by atomic mass is 9.97. The zero-order chi connectivity index (χ0) is 53.2. The van der Waals surface area contributed by atoms with Crippen LogP contribution in [0.5, 0.6) is 0 Å². The van der Waals surface area contributed by atoms with Crippen LogP contribution < -0.4 is 5.32 Å². The fourth-order valence-corrected chi connectivity index (χ4v) is 9.84. The summed E-state index contributed by atoms with van der Waals surface area (Å²) in [6, 6.07) is -0.844. The first-order valence-electron chi connectivity index (χ1n) is 29.7. The number of rotatable bonds is 47. The van der Waals surface area contributed by atoms with Crippen molar-refractivity contribution in [1.29, 1.82) is 0 Å². The first kappa shape index (κ1) is 67.3. The average Bonchev–Trinajstić information content (AvgIpc) is 3.39. The molecule has 0 aliphatic carbocycles. The van der Waals surface area contributed by atoms with Gasteiger partial charge in [0.05, 0.1) is 32.0 Å². The molecule has 0 radical (unpaired) electrons. The molecule has 2 heterocycles. The molecule has 0 bridgehead atoms. The molecule has 2 rings (SSSR count). The molecule has 2 saturated heterocycles. The molecule has 0 spiro atoms. The molecule has 14 heteroatoms. The predicted octanol–water partition coefficient (Wildman–Crippen LogP) is 9.83. The van der Waals surface area contributed by atoms with Crippen LogP contribution in [0.15, 0.2) is 36.5 Å². The molecule has 9 N–H and O–H groups in total. The third-order valence-corrected chi connectivity index (χ3v) is 14.6. The number of carbonyl (C=O) groups is 1. The van der Waals surface area contributed by atoms with E-state index in [1.165, 1.54) is 141 Å². The summed E-state index contributed by atoms with van der Waals surface area (Å²) in [4.78, 5) is 13.2. The van der Waals surface area contributed by atoms with Crippen molar-refractivity contribution in [2.75, 3.05) is 19.8 Å². The molecule has 12 atom stereocenters. The molecule has 14 nitrogen and oxygen atoms in total. The Labute approximate surface area is 442 Å². The molecule has 0 aromatic heterocycles. The van der Waals surface area contributed by atoms with E-state index in [4.69, 9.17) is 18.9 Å². The first-order valence-corrected chi connectivity index (χ1v) is 29.7. The van der Waals surface area contributed by atoms with Gasteiger partial charge in [0, 0.05) is 6.42 Å². The predicted molar refractivity (Wildman–Crippen MR) is 291 cm³/mol. The van der Waals surface area contributed by atoms with Gasteiger partial charge < -0.3 is 65.1 Å². The average molecular weight is 1040 g/mol. The number of unbranched alkanes of at least 4 members (excludes halogenated alkanes) is 28.